The molecule has 0 spiro atoms. The van der Waals surface area contributed by atoms with Gasteiger partial charge in [0.05, 0.1) is 6.10 Å². The van der Waals surface area contributed by atoms with E-state index in [1.807, 2.05) is 12.2 Å². The van der Waals surface area contributed by atoms with Crippen LogP contribution in [-0.2, 0) is 18.7 Å². The third-order valence-electron chi connectivity index (χ3n) is 5.52. The molecule has 4 nitrogen and oxygen atoms in total. The molecule has 0 bridgehead atoms. The van der Waals surface area contributed by atoms with Gasteiger partial charge in [-0.05, 0) is 49.5 Å². The summed E-state index contributed by atoms with van der Waals surface area (Å²) in [6.07, 6.45) is 8.88. The Labute approximate surface area is 174 Å². The number of hydrogen-bond donors (Lipinski definition) is 0. The van der Waals surface area contributed by atoms with Crippen molar-refractivity contribution in [3.8, 4) is 0 Å². The Balaban J connectivity index is 3.22. The van der Waals surface area contributed by atoms with E-state index in [9.17, 15) is 4.79 Å². The predicted octanol–water partition coefficient (Wildman–Crippen LogP) is 5.90. The molecule has 0 aliphatic heterocycles. The lowest BCUT2D eigenvalue weighted by Crippen LogP contribution is -2.49. The molecule has 0 heterocycles. The quantitative estimate of drug-likeness (QED) is 0.177. The lowest BCUT2D eigenvalue weighted by Gasteiger charge is -2.41. The molecule has 27 heavy (non-hydrogen) atoms. The van der Waals surface area contributed by atoms with Gasteiger partial charge in [-0.25, -0.2) is 0 Å². The maximum atomic E-state index is 13.3. The van der Waals surface area contributed by atoms with Crippen LogP contribution in [-0.4, -0.2) is 40.2 Å². The van der Waals surface area contributed by atoms with Gasteiger partial charge in [-0.1, -0.05) is 49.2 Å². The summed E-state index contributed by atoms with van der Waals surface area (Å²) in [5, 5.41) is 0.0529. The largest absolute Gasteiger partial charge is 0.410 e. The van der Waals surface area contributed by atoms with Crippen molar-refractivity contribution in [3.05, 3.63) is 34.9 Å². The zero-order valence-electron chi connectivity index (χ0n) is 17.9. The van der Waals surface area contributed by atoms with Crippen LogP contribution in [0.3, 0.4) is 0 Å². The van der Waals surface area contributed by atoms with Crippen molar-refractivity contribution in [3.63, 3.8) is 0 Å². The van der Waals surface area contributed by atoms with Gasteiger partial charge in [0.15, 0.2) is 8.32 Å². The molecule has 0 aromatic rings. The minimum Gasteiger partial charge on any atom is -0.410 e. The third kappa shape index (κ3) is 5.97. The van der Waals surface area contributed by atoms with Crippen molar-refractivity contribution in [1.29, 1.82) is 0 Å². The molecule has 0 amide bonds. The van der Waals surface area contributed by atoms with E-state index in [0.29, 0.717) is 5.57 Å². The topological polar surface area (TPSA) is 44.8 Å². The lowest BCUT2D eigenvalue weighted by atomic mass is 9.91. The van der Waals surface area contributed by atoms with Crippen LogP contribution in [0.25, 0.3) is 0 Å². The second-order valence-electron chi connectivity index (χ2n) is 8.47. The van der Waals surface area contributed by atoms with E-state index in [0.717, 1.165) is 30.2 Å². The van der Waals surface area contributed by atoms with E-state index in [4.69, 9.17) is 13.9 Å². The first-order valence-corrected chi connectivity index (χ1v) is 13.2. The molecular formula is C21H35BrO4Si. The van der Waals surface area contributed by atoms with Crippen molar-refractivity contribution in [2.45, 2.75) is 76.5 Å². The number of allylic oxidation sites excluding steroid dienone is 3. The normalized spacial score (nSPS) is 18.7. The molecule has 1 unspecified atom stereocenters. The number of Topliss-reactive ketones (excluding diaryl/α,β-unsaturated/α-hetero) is 1. The summed E-state index contributed by atoms with van der Waals surface area (Å²) in [4.78, 5) is 13.3. The van der Waals surface area contributed by atoms with Crippen LogP contribution >= 0.6 is 15.9 Å². The van der Waals surface area contributed by atoms with Gasteiger partial charge >= 0.3 is 0 Å². The van der Waals surface area contributed by atoms with Crippen molar-refractivity contribution >= 4 is 30.0 Å². The minimum absolute atomic E-state index is 0.0529. The summed E-state index contributed by atoms with van der Waals surface area (Å²) in [6, 6.07) is 0. The van der Waals surface area contributed by atoms with E-state index in [1.54, 1.807) is 6.08 Å². The second kappa shape index (κ2) is 9.79. The minimum atomic E-state index is -2.07. The Morgan fingerprint density at radius 2 is 1.85 bits per heavy atom. The van der Waals surface area contributed by atoms with Crippen LogP contribution in [0.15, 0.2) is 34.9 Å². The number of rotatable bonds is 10. The number of halogens is 1. The number of carbonyl (C=O) groups is 1. The van der Waals surface area contributed by atoms with Crippen LogP contribution in [0, 0.1) is 0 Å². The van der Waals surface area contributed by atoms with Crippen LogP contribution in [0.1, 0.15) is 46.5 Å². The predicted molar refractivity (Wildman–Crippen MR) is 118 cm³/mol. The summed E-state index contributed by atoms with van der Waals surface area (Å²) in [5.41, 5.74) is 0.608. The molecule has 0 N–H and O–H groups in total. The summed E-state index contributed by atoms with van der Waals surface area (Å²) >= 11 is 3.51. The molecule has 1 aliphatic rings. The van der Waals surface area contributed by atoms with Gasteiger partial charge in [0.25, 0.3) is 5.79 Å². The van der Waals surface area contributed by atoms with Gasteiger partial charge in [0, 0.05) is 24.3 Å². The molecule has 0 radical (unpaired) electrons. The molecule has 0 saturated carbocycles. The fourth-order valence-electron chi connectivity index (χ4n) is 2.76. The summed E-state index contributed by atoms with van der Waals surface area (Å²) in [5.74, 6) is -1.60. The number of methoxy groups -OCH3 is 2. The number of unbranched alkanes of at least 4 members (excludes halogenated alkanes) is 2. The fraction of sp³-hybridized carbons (Fsp3) is 0.667. The Bertz CT molecular complexity index is 598. The lowest BCUT2D eigenvalue weighted by molar-refractivity contribution is -0.183. The second-order valence-corrected chi connectivity index (χ2v) is 14.1. The Morgan fingerprint density at radius 1 is 1.26 bits per heavy atom. The SMILES string of the molecule is C=CCCCCC(O[Si](C)(C)C(C)(C)C)C1=CC(Br)=CC(OC)(OC)C1=O. The number of hydrogen-bond acceptors (Lipinski definition) is 4. The van der Waals surface area contributed by atoms with Crippen molar-refractivity contribution in [2.24, 2.45) is 0 Å². The smallest absolute Gasteiger partial charge is 0.254 e. The summed E-state index contributed by atoms with van der Waals surface area (Å²) < 4.78 is 18.4. The first kappa shape index (κ1) is 24.5. The monoisotopic (exact) mass is 458 g/mol. The van der Waals surface area contributed by atoms with E-state index in [-0.39, 0.29) is 16.9 Å². The third-order valence-corrected chi connectivity index (χ3v) is 10.5. The summed E-state index contributed by atoms with van der Waals surface area (Å²) in [6.45, 7) is 14.8. The highest BCUT2D eigenvalue weighted by molar-refractivity contribution is 9.11. The molecule has 1 rings (SSSR count). The molecule has 0 fully saturated rings. The van der Waals surface area contributed by atoms with Gasteiger partial charge in [0.1, 0.15) is 0 Å². The maximum absolute atomic E-state index is 13.3. The van der Waals surface area contributed by atoms with Crippen molar-refractivity contribution < 1.29 is 18.7 Å². The standard InChI is InChI=1S/C21H35BrO4Si/c1-9-10-11-12-13-18(26-27(7,8)20(2,3)4)17-14-16(22)15-21(24-5,25-6)19(17)23/h9,14-15,18H,1,10-13H2,2-8H3. The first-order valence-electron chi connectivity index (χ1n) is 9.48. The average molecular weight is 459 g/mol. The molecule has 1 aliphatic carbocycles. The highest BCUT2D eigenvalue weighted by Crippen LogP contribution is 2.40. The van der Waals surface area contributed by atoms with Crippen molar-refractivity contribution in [1.82, 2.24) is 0 Å². The molecule has 154 valence electrons. The van der Waals surface area contributed by atoms with Crippen LogP contribution in [0.2, 0.25) is 18.1 Å². The molecule has 1 atom stereocenters. The van der Waals surface area contributed by atoms with Crippen LogP contribution < -0.4 is 0 Å². The zero-order chi connectivity index (χ0) is 20.9. The van der Waals surface area contributed by atoms with Gasteiger partial charge in [-0.15, -0.1) is 6.58 Å². The highest BCUT2D eigenvalue weighted by Gasteiger charge is 2.46. The van der Waals surface area contributed by atoms with Gasteiger partial charge in [-0.2, -0.15) is 0 Å². The van der Waals surface area contributed by atoms with E-state index < -0.39 is 14.1 Å². The number of carbonyl (C=O) groups excluding carboxylic acids is 1. The Morgan fingerprint density at radius 3 is 2.33 bits per heavy atom. The van der Waals surface area contributed by atoms with Crippen LogP contribution in [0.5, 0.6) is 0 Å². The van der Waals surface area contributed by atoms with E-state index in [1.165, 1.54) is 14.2 Å². The Kier molecular flexibility index (Phi) is 8.88. The summed E-state index contributed by atoms with van der Waals surface area (Å²) in [7, 11) is 0.894. The van der Waals surface area contributed by atoms with E-state index in [2.05, 4.69) is 56.4 Å². The number of ketones is 1. The van der Waals surface area contributed by atoms with Gasteiger partial charge < -0.3 is 13.9 Å². The molecular weight excluding hydrogens is 424 g/mol. The average Bonchev–Trinajstić information content (AvgIpc) is 2.58. The van der Waals surface area contributed by atoms with E-state index >= 15 is 0 Å². The Hall–Kier alpha value is -0.533. The fourth-order valence-corrected chi connectivity index (χ4v) is 4.62. The number of ether oxygens (including phenoxy) is 2. The maximum Gasteiger partial charge on any atom is 0.254 e. The van der Waals surface area contributed by atoms with Gasteiger partial charge in [-0.3, -0.25) is 4.79 Å². The van der Waals surface area contributed by atoms with Crippen molar-refractivity contribution in [2.75, 3.05) is 14.2 Å². The molecule has 0 aromatic heterocycles. The van der Waals surface area contributed by atoms with Gasteiger partial charge in [0.2, 0.25) is 5.78 Å². The molecule has 0 aromatic carbocycles. The first-order chi connectivity index (χ1) is 12.4. The zero-order valence-corrected chi connectivity index (χ0v) is 20.4. The molecule has 6 heteroatoms. The van der Waals surface area contributed by atoms with Crippen LogP contribution in [0.4, 0.5) is 0 Å². The molecule has 0 saturated heterocycles. The highest BCUT2D eigenvalue weighted by atomic mass is 79.9.